The highest BCUT2D eigenvalue weighted by atomic mass is 79.9. The Kier molecular flexibility index (Phi) is 2.14. The normalized spacial score (nSPS) is 10.3. The van der Waals surface area contributed by atoms with Crippen LogP contribution in [0.4, 0.5) is 0 Å². The van der Waals surface area contributed by atoms with Crippen LogP contribution in [0.3, 0.4) is 0 Å². The number of hydrogen-bond donors (Lipinski definition) is 0. The zero-order chi connectivity index (χ0) is 9.26. The molecule has 1 aromatic heterocycles. The van der Waals surface area contributed by atoms with Gasteiger partial charge in [0.05, 0.1) is 12.6 Å². The fourth-order valence-electron chi connectivity index (χ4n) is 1.11. The van der Waals surface area contributed by atoms with Gasteiger partial charge in [0.15, 0.2) is 0 Å². The minimum Gasteiger partial charge on any atom is -0.467 e. The van der Waals surface area contributed by atoms with Gasteiger partial charge >= 0.3 is 6.01 Å². The highest BCUT2D eigenvalue weighted by Gasteiger charge is 2.03. The summed E-state index contributed by atoms with van der Waals surface area (Å²) in [6.45, 7) is 0. The van der Waals surface area contributed by atoms with Gasteiger partial charge in [0.1, 0.15) is 4.60 Å². The number of rotatable bonds is 1. The lowest BCUT2D eigenvalue weighted by Gasteiger charge is -2.01. The van der Waals surface area contributed by atoms with E-state index < -0.39 is 0 Å². The first kappa shape index (κ1) is 8.44. The Morgan fingerprint density at radius 2 is 2.00 bits per heavy atom. The molecule has 66 valence electrons. The van der Waals surface area contributed by atoms with Crippen LogP contribution in [-0.2, 0) is 0 Å². The molecule has 0 saturated carbocycles. The molecule has 0 atom stereocenters. The molecular formula is C9H7BrN2O. The van der Waals surface area contributed by atoms with Gasteiger partial charge < -0.3 is 4.74 Å². The third-order valence-electron chi connectivity index (χ3n) is 1.72. The Morgan fingerprint density at radius 3 is 2.77 bits per heavy atom. The molecule has 1 heterocycles. The summed E-state index contributed by atoms with van der Waals surface area (Å²) in [5.41, 5.74) is 0.876. The second kappa shape index (κ2) is 3.30. The first-order valence-corrected chi connectivity index (χ1v) is 4.57. The van der Waals surface area contributed by atoms with Crippen LogP contribution in [0.2, 0.25) is 0 Å². The van der Waals surface area contributed by atoms with Crippen molar-refractivity contribution in [1.29, 1.82) is 0 Å². The summed E-state index contributed by atoms with van der Waals surface area (Å²) in [5.74, 6) is 0. The number of nitrogens with zero attached hydrogens (tertiary/aromatic N) is 2. The van der Waals surface area contributed by atoms with Crippen molar-refractivity contribution in [3.05, 3.63) is 28.9 Å². The van der Waals surface area contributed by atoms with Crippen molar-refractivity contribution in [3.63, 3.8) is 0 Å². The van der Waals surface area contributed by atoms with E-state index in [1.807, 2.05) is 24.3 Å². The number of fused-ring (bicyclic) bond motifs is 1. The van der Waals surface area contributed by atoms with E-state index in [1.165, 1.54) is 0 Å². The number of benzene rings is 1. The standard InChI is InChI=1S/C9H7BrN2O/c1-13-9-11-7-5-3-2-4-6(7)8(10)12-9/h2-5H,1H3. The number of methoxy groups -OCH3 is 1. The molecule has 0 N–H and O–H groups in total. The molecule has 2 aromatic rings. The molecule has 0 aliphatic heterocycles. The van der Waals surface area contributed by atoms with Crippen molar-refractivity contribution in [1.82, 2.24) is 9.97 Å². The van der Waals surface area contributed by atoms with E-state index in [9.17, 15) is 0 Å². The molecule has 3 nitrogen and oxygen atoms in total. The van der Waals surface area contributed by atoms with Crippen LogP contribution < -0.4 is 4.74 Å². The summed E-state index contributed by atoms with van der Waals surface area (Å²) in [7, 11) is 1.55. The second-order valence-electron chi connectivity index (χ2n) is 2.52. The fourth-order valence-corrected chi connectivity index (χ4v) is 1.60. The van der Waals surface area contributed by atoms with Gasteiger partial charge in [0.25, 0.3) is 0 Å². The van der Waals surface area contributed by atoms with Gasteiger partial charge in [0.2, 0.25) is 0 Å². The lowest BCUT2D eigenvalue weighted by atomic mass is 10.2. The number of hydrogen-bond acceptors (Lipinski definition) is 3. The summed E-state index contributed by atoms with van der Waals surface area (Å²) < 4.78 is 5.71. The maximum atomic E-state index is 4.95. The Labute approximate surface area is 83.9 Å². The van der Waals surface area contributed by atoms with E-state index in [0.29, 0.717) is 6.01 Å². The molecule has 0 unspecified atom stereocenters. The average molecular weight is 239 g/mol. The highest BCUT2D eigenvalue weighted by Crippen LogP contribution is 2.22. The first-order valence-electron chi connectivity index (χ1n) is 3.77. The Morgan fingerprint density at radius 1 is 1.23 bits per heavy atom. The summed E-state index contributed by atoms with van der Waals surface area (Å²) >= 11 is 3.36. The van der Waals surface area contributed by atoms with E-state index in [2.05, 4.69) is 25.9 Å². The second-order valence-corrected chi connectivity index (χ2v) is 3.27. The first-order chi connectivity index (χ1) is 6.31. The maximum absolute atomic E-state index is 4.95. The van der Waals surface area contributed by atoms with E-state index in [0.717, 1.165) is 15.5 Å². The molecule has 0 aliphatic rings. The van der Waals surface area contributed by atoms with Crippen molar-refractivity contribution in [2.24, 2.45) is 0 Å². The van der Waals surface area contributed by atoms with Gasteiger partial charge in [0, 0.05) is 5.39 Å². The van der Waals surface area contributed by atoms with Crippen LogP contribution in [0, 0.1) is 0 Å². The largest absolute Gasteiger partial charge is 0.467 e. The minimum absolute atomic E-state index is 0.380. The molecule has 0 saturated heterocycles. The van der Waals surface area contributed by atoms with Crippen LogP contribution in [0.25, 0.3) is 10.9 Å². The van der Waals surface area contributed by atoms with Crippen LogP contribution in [0.5, 0.6) is 6.01 Å². The number of para-hydroxylation sites is 1. The SMILES string of the molecule is COc1nc(Br)c2ccccc2n1. The molecule has 0 bridgehead atoms. The van der Waals surface area contributed by atoms with Crippen molar-refractivity contribution in [2.75, 3.05) is 7.11 Å². The van der Waals surface area contributed by atoms with Gasteiger partial charge in [-0.3, -0.25) is 0 Å². The lowest BCUT2D eigenvalue weighted by molar-refractivity contribution is 0.381. The van der Waals surface area contributed by atoms with Crippen molar-refractivity contribution >= 4 is 26.8 Å². The molecule has 13 heavy (non-hydrogen) atoms. The number of ether oxygens (including phenoxy) is 1. The molecule has 0 radical (unpaired) electrons. The summed E-state index contributed by atoms with van der Waals surface area (Å²) in [6.07, 6.45) is 0. The molecule has 0 spiro atoms. The Balaban J connectivity index is 2.77. The maximum Gasteiger partial charge on any atom is 0.317 e. The smallest absolute Gasteiger partial charge is 0.317 e. The van der Waals surface area contributed by atoms with Gasteiger partial charge in [-0.1, -0.05) is 18.2 Å². The monoisotopic (exact) mass is 238 g/mol. The molecule has 0 amide bonds. The zero-order valence-corrected chi connectivity index (χ0v) is 8.58. The quantitative estimate of drug-likeness (QED) is 0.716. The van der Waals surface area contributed by atoms with Crippen LogP contribution in [-0.4, -0.2) is 17.1 Å². The Bertz CT molecular complexity index is 445. The average Bonchev–Trinajstić information content (AvgIpc) is 2.18. The Hall–Kier alpha value is -1.16. The van der Waals surface area contributed by atoms with Crippen molar-refractivity contribution < 1.29 is 4.74 Å². The summed E-state index contributed by atoms with van der Waals surface area (Å²) in [6, 6.07) is 8.14. The summed E-state index contributed by atoms with van der Waals surface area (Å²) in [5, 5.41) is 0.989. The highest BCUT2D eigenvalue weighted by molar-refractivity contribution is 9.10. The van der Waals surface area contributed by atoms with Gasteiger partial charge in [-0.15, -0.1) is 0 Å². The van der Waals surface area contributed by atoms with E-state index in [-0.39, 0.29) is 0 Å². The van der Waals surface area contributed by atoms with Crippen LogP contribution in [0.1, 0.15) is 0 Å². The van der Waals surface area contributed by atoms with E-state index in [4.69, 9.17) is 4.74 Å². The van der Waals surface area contributed by atoms with E-state index in [1.54, 1.807) is 7.11 Å². The van der Waals surface area contributed by atoms with Gasteiger partial charge in [-0.25, -0.2) is 0 Å². The van der Waals surface area contributed by atoms with Crippen molar-refractivity contribution in [3.8, 4) is 6.01 Å². The predicted molar refractivity (Wildman–Crippen MR) is 53.8 cm³/mol. The lowest BCUT2D eigenvalue weighted by Crippen LogP contribution is -1.93. The van der Waals surface area contributed by atoms with Crippen molar-refractivity contribution in [2.45, 2.75) is 0 Å². The topological polar surface area (TPSA) is 35.0 Å². The molecule has 0 aliphatic carbocycles. The number of halogens is 1. The minimum atomic E-state index is 0.380. The van der Waals surface area contributed by atoms with Crippen LogP contribution >= 0.6 is 15.9 Å². The number of aromatic nitrogens is 2. The summed E-state index contributed by atoms with van der Waals surface area (Å²) in [4.78, 5) is 8.29. The molecular weight excluding hydrogens is 232 g/mol. The third-order valence-corrected chi connectivity index (χ3v) is 2.32. The van der Waals surface area contributed by atoms with E-state index >= 15 is 0 Å². The van der Waals surface area contributed by atoms with Gasteiger partial charge in [-0.2, -0.15) is 9.97 Å². The third kappa shape index (κ3) is 1.49. The molecule has 2 rings (SSSR count). The molecule has 1 aromatic carbocycles. The molecule has 0 fully saturated rings. The zero-order valence-electron chi connectivity index (χ0n) is 6.99. The fraction of sp³-hybridized carbons (Fsp3) is 0.111. The van der Waals surface area contributed by atoms with Gasteiger partial charge in [-0.05, 0) is 22.0 Å². The van der Waals surface area contributed by atoms with Crippen LogP contribution in [0.15, 0.2) is 28.9 Å². The molecule has 4 heteroatoms. The predicted octanol–water partition coefficient (Wildman–Crippen LogP) is 2.40.